The van der Waals surface area contributed by atoms with Crippen LogP contribution in [-0.2, 0) is 18.3 Å². The number of rotatable bonds is 5. The molecule has 1 fully saturated rings. The Balaban J connectivity index is 1.41. The average Bonchev–Trinajstić information content (AvgIpc) is 3.12. The lowest BCUT2D eigenvalue weighted by Crippen LogP contribution is -2.36. The Morgan fingerprint density at radius 3 is 2.96 bits per heavy atom. The first-order valence-electron chi connectivity index (χ1n) is 9.02. The topological polar surface area (TPSA) is 66.8 Å². The maximum atomic E-state index is 5.94. The summed E-state index contributed by atoms with van der Waals surface area (Å²) in [7, 11) is 3.66. The summed E-state index contributed by atoms with van der Waals surface area (Å²) in [5, 5.41) is 3.65. The van der Waals surface area contributed by atoms with E-state index in [2.05, 4.69) is 10.3 Å². The van der Waals surface area contributed by atoms with Gasteiger partial charge in [-0.2, -0.15) is 0 Å². The molecule has 1 aromatic carbocycles. The fourth-order valence-corrected chi connectivity index (χ4v) is 3.56. The molecule has 0 amide bonds. The van der Waals surface area contributed by atoms with Crippen LogP contribution in [0.15, 0.2) is 24.7 Å². The number of hydrogen-bond acceptors (Lipinski definition) is 6. The lowest BCUT2D eigenvalue weighted by Gasteiger charge is -2.30. The molecule has 0 aliphatic carbocycles. The van der Waals surface area contributed by atoms with Crippen molar-refractivity contribution >= 4 is 0 Å². The smallest absolute Gasteiger partial charge is 0.203 e. The van der Waals surface area contributed by atoms with Gasteiger partial charge in [0.2, 0.25) is 5.75 Å². The van der Waals surface area contributed by atoms with Crippen molar-refractivity contribution in [1.82, 2.24) is 14.9 Å². The van der Waals surface area contributed by atoms with E-state index >= 15 is 0 Å². The van der Waals surface area contributed by atoms with Gasteiger partial charge in [-0.3, -0.25) is 0 Å². The zero-order chi connectivity index (χ0) is 17.9. The zero-order valence-corrected chi connectivity index (χ0v) is 15.2. The predicted octanol–water partition coefficient (Wildman–Crippen LogP) is 2.21. The highest BCUT2D eigenvalue weighted by molar-refractivity contribution is 5.54. The largest absolute Gasteiger partial charge is 0.493 e. The molecule has 2 atom stereocenters. The summed E-state index contributed by atoms with van der Waals surface area (Å²) in [5.74, 6) is 2.18. The molecule has 0 spiro atoms. The molecule has 4 rings (SSSR count). The van der Waals surface area contributed by atoms with E-state index in [1.54, 1.807) is 7.11 Å². The van der Waals surface area contributed by atoms with Crippen LogP contribution in [0.2, 0.25) is 0 Å². The molecule has 1 aromatic heterocycles. The minimum absolute atomic E-state index is 0.0866. The standard InChI is InChI=1S/C19H25N3O4/c1-22-12-20-11-15(22)16-9-14(3-4-24-16)21-10-13-7-17(23-2)19-18(8-13)25-5-6-26-19/h7-8,11-12,14,16,21H,3-6,9-10H2,1-2H3/t14-,16-/m1/s1. The van der Waals surface area contributed by atoms with Gasteiger partial charge in [-0.25, -0.2) is 4.98 Å². The number of fused-ring (bicyclic) bond motifs is 1. The van der Waals surface area contributed by atoms with Gasteiger partial charge in [0.25, 0.3) is 0 Å². The fourth-order valence-electron chi connectivity index (χ4n) is 3.56. The van der Waals surface area contributed by atoms with Crippen molar-refractivity contribution in [2.45, 2.75) is 31.5 Å². The van der Waals surface area contributed by atoms with Crippen molar-refractivity contribution in [3.05, 3.63) is 35.9 Å². The normalized spacial score (nSPS) is 22.2. The molecule has 7 heteroatoms. The highest BCUT2D eigenvalue weighted by Gasteiger charge is 2.26. The number of ether oxygens (including phenoxy) is 4. The first kappa shape index (κ1) is 17.2. The van der Waals surface area contributed by atoms with E-state index in [0.29, 0.717) is 25.0 Å². The highest BCUT2D eigenvalue weighted by atomic mass is 16.6. The van der Waals surface area contributed by atoms with Gasteiger partial charge in [-0.15, -0.1) is 0 Å². The molecule has 0 bridgehead atoms. The highest BCUT2D eigenvalue weighted by Crippen LogP contribution is 2.40. The van der Waals surface area contributed by atoms with Gasteiger partial charge >= 0.3 is 0 Å². The second kappa shape index (κ2) is 7.55. The zero-order valence-electron chi connectivity index (χ0n) is 15.2. The van der Waals surface area contributed by atoms with Crippen LogP contribution in [0, 0.1) is 0 Å². The van der Waals surface area contributed by atoms with Crippen molar-refractivity contribution in [2.24, 2.45) is 7.05 Å². The van der Waals surface area contributed by atoms with Crippen LogP contribution in [-0.4, -0.2) is 42.5 Å². The molecule has 7 nitrogen and oxygen atoms in total. The Labute approximate surface area is 153 Å². The predicted molar refractivity (Wildman–Crippen MR) is 95.7 cm³/mol. The molecule has 26 heavy (non-hydrogen) atoms. The fraction of sp³-hybridized carbons (Fsp3) is 0.526. The van der Waals surface area contributed by atoms with Gasteiger partial charge in [0.1, 0.15) is 19.3 Å². The van der Waals surface area contributed by atoms with E-state index in [-0.39, 0.29) is 6.10 Å². The maximum Gasteiger partial charge on any atom is 0.203 e. The molecule has 0 radical (unpaired) electrons. The van der Waals surface area contributed by atoms with E-state index in [1.807, 2.05) is 36.3 Å². The first-order chi connectivity index (χ1) is 12.7. The van der Waals surface area contributed by atoms with Crippen molar-refractivity contribution in [1.29, 1.82) is 0 Å². The molecule has 2 aliphatic heterocycles. The van der Waals surface area contributed by atoms with E-state index in [0.717, 1.165) is 48.7 Å². The second-order valence-electron chi connectivity index (χ2n) is 6.71. The number of hydrogen-bond donors (Lipinski definition) is 1. The first-order valence-corrected chi connectivity index (χ1v) is 9.02. The Hall–Kier alpha value is -2.25. The molecular weight excluding hydrogens is 334 g/mol. The van der Waals surface area contributed by atoms with Crippen LogP contribution in [0.25, 0.3) is 0 Å². The van der Waals surface area contributed by atoms with Crippen LogP contribution in [0.3, 0.4) is 0 Å². The van der Waals surface area contributed by atoms with Gasteiger partial charge in [-0.05, 0) is 30.5 Å². The Kier molecular flexibility index (Phi) is 4.99. The maximum absolute atomic E-state index is 5.94. The third-order valence-electron chi connectivity index (χ3n) is 4.95. The summed E-state index contributed by atoms with van der Waals surface area (Å²) in [5.41, 5.74) is 2.24. The molecule has 1 N–H and O–H groups in total. The number of aryl methyl sites for hydroxylation is 1. The number of imidazole rings is 1. The second-order valence-corrected chi connectivity index (χ2v) is 6.71. The molecule has 2 aliphatic rings. The van der Waals surface area contributed by atoms with Crippen LogP contribution in [0.1, 0.15) is 30.2 Å². The van der Waals surface area contributed by atoms with E-state index < -0.39 is 0 Å². The number of aromatic nitrogens is 2. The minimum Gasteiger partial charge on any atom is -0.493 e. The van der Waals surface area contributed by atoms with Crippen LogP contribution in [0.4, 0.5) is 0 Å². The quantitative estimate of drug-likeness (QED) is 0.883. The summed E-state index contributed by atoms with van der Waals surface area (Å²) in [6.45, 7) is 2.62. The molecule has 1 saturated heterocycles. The number of nitrogens with one attached hydrogen (secondary N) is 1. The lowest BCUT2D eigenvalue weighted by molar-refractivity contribution is -0.00405. The summed E-state index contributed by atoms with van der Waals surface area (Å²) in [6.07, 6.45) is 5.72. The Bertz CT molecular complexity index is 744. The van der Waals surface area contributed by atoms with Crippen molar-refractivity contribution < 1.29 is 18.9 Å². The van der Waals surface area contributed by atoms with Crippen LogP contribution < -0.4 is 19.5 Å². The van der Waals surface area contributed by atoms with Crippen molar-refractivity contribution in [2.75, 3.05) is 26.9 Å². The summed E-state index contributed by atoms with van der Waals surface area (Å²) in [6, 6.07) is 4.43. The van der Waals surface area contributed by atoms with Gasteiger partial charge in [0.05, 0.1) is 25.3 Å². The third kappa shape index (κ3) is 3.50. The molecule has 3 heterocycles. The molecule has 140 valence electrons. The third-order valence-corrected chi connectivity index (χ3v) is 4.95. The van der Waals surface area contributed by atoms with Crippen molar-refractivity contribution in [3.63, 3.8) is 0 Å². The molecular formula is C19H25N3O4. The van der Waals surface area contributed by atoms with Gasteiger partial charge in [-0.1, -0.05) is 0 Å². The number of benzene rings is 1. The summed E-state index contributed by atoms with van der Waals surface area (Å²) in [4.78, 5) is 4.20. The molecule has 2 aromatic rings. The number of nitrogens with zero attached hydrogens (tertiary/aromatic N) is 2. The summed E-state index contributed by atoms with van der Waals surface area (Å²) >= 11 is 0. The molecule has 0 unspecified atom stereocenters. The summed E-state index contributed by atoms with van der Waals surface area (Å²) < 4.78 is 24.8. The van der Waals surface area contributed by atoms with E-state index in [1.165, 1.54) is 0 Å². The average molecular weight is 359 g/mol. The SMILES string of the molecule is COc1cc(CN[C@@H]2CCO[C@@H](c3cncn3C)C2)cc2c1OCCO2. The van der Waals surface area contributed by atoms with Crippen LogP contribution >= 0.6 is 0 Å². The van der Waals surface area contributed by atoms with Gasteiger partial charge in [0.15, 0.2) is 11.5 Å². The van der Waals surface area contributed by atoms with E-state index in [4.69, 9.17) is 18.9 Å². The van der Waals surface area contributed by atoms with Gasteiger partial charge in [0, 0.05) is 26.2 Å². The minimum atomic E-state index is 0.0866. The van der Waals surface area contributed by atoms with Crippen molar-refractivity contribution in [3.8, 4) is 17.2 Å². The number of methoxy groups -OCH3 is 1. The van der Waals surface area contributed by atoms with E-state index in [9.17, 15) is 0 Å². The monoisotopic (exact) mass is 359 g/mol. The van der Waals surface area contributed by atoms with Crippen LogP contribution in [0.5, 0.6) is 17.2 Å². The lowest BCUT2D eigenvalue weighted by atomic mass is 10.0. The van der Waals surface area contributed by atoms with Gasteiger partial charge < -0.3 is 28.8 Å². The Morgan fingerprint density at radius 1 is 1.27 bits per heavy atom. The molecule has 0 saturated carbocycles. The Morgan fingerprint density at radius 2 is 2.15 bits per heavy atom.